The van der Waals surface area contributed by atoms with Gasteiger partial charge in [0.05, 0.1) is 16.8 Å². The highest BCUT2D eigenvalue weighted by Crippen LogP contribution is 2.24. The average molecular weight is 533 g/mol. The van der Waals surface area contributed by atoms with E-state index in [2.05, 4.69) is 10.5 Å². The third-order valence-electron chi connectivity index (χ3n) is 5.25. The molecule has 37 heavy (non-hydrogen) atoms. The maximum absolute atomic E-state index is 12.4. The Labute approximate surface area is 224 Å². The van der Waals surface area contributed by atoms with Gasteiger partial charge in [0, 0.05) is 5.02 Å². The average Bonchev–Trinajstić information content (AvgIpc) is 2.89. The number of carbonyl (C=O) groups excluding carboxylic acids is 2. The van der Waals surface area contributed by atoms with Crippen molar-refractivity contribution in [2.75, 3.05) is 0 Å². The first-order valence-corrected chi connectivity index (χ1v) is 12.1. The Kier molecular flexibility index (Phi) is 8.56. The van der Waals surface area contributed by atoms with E-state index in [1.165, 1.54) is 18.3 Å². The van der Waals surface area contributed by atoms with Gasteiger partial charge in [-0.25, -0.2) is 10.2 Å². The fourth-order valence-electron chi connectivity index (χ4n) is 3.35. The van der Waals surface area contributed by atoms with Gasteiger partial charge < -0.3 is 9.47 Å². The lowest BCUT2D eigenvalue weighted by Gasteiger charge is -2.13. The molecular formula is C29H22Cl2N2O4. The molecule has 186 valence electrons. The molecule has 6 nitrogen and oxygen atoms in total. The molecule has 0 radical (unpaired) electrons. The lowest BCUT2D eigenvalue weighted by molar-refractivity contribution is -0.127. The Bertz CT molecular complexity index is 1420. The minimum atomic E-state index is -0.767. The van der Waals surface area contributed by atoms with Gasteiger partial charge in [0.25, 0.3) is 5.91 Å². The van der Waals surface area contributed by atoms with Crippen molar-refractivity contribution in [3.63, 3.8) is 0 Å². The highest BCUT2D eigenvalue weighted by atomic mass is 35.5. The van der Waals surface area contributed by atoms with Crippen molar-refractivity contribution < 1.29 is 19.1 Å². The van der Waals surface area contributed by atoms with Crippen LogP contribution in [0.1, 0.15) is 22.8 Å². The lowest BCUT2D eigenvalue weighted by Crippen LogP contribution is -2.33. The Morgan fingerprint density at radius 3 is 2.30 bits per heavy atom. The minimum Gasteiger partial charge on any atom is -0.481 e. The predicted octanol–water partition coefficient (Wildman–Crippen LogP) is 6.80. The van der Waals surface area contributed by atoms with Crippen molar-refractivity contribution in [1.82, 2.24) is 5.43 Å². The number of nitrogens with one attached hydrogen (secondary N) is 1. The molecule has 0 fully saturated rings. The van der Waals surface area contributed by atoms with E-state index >= 15 is 0 Å². The lowest BCUT2D eigenvalue weighted by atomic mass is 10.1. The predicted molar refractivity (Wildman–Crippen MR) is 146 cm³/mol. The number of hydrazone groups is 1. The van der Waals surface area contributed by atoms with E-state index in [4.69, 9.17) is 32.7 Å². The molecule has 0 heterocycles. The molecule has 4 rings (SSSR count). The molecule has 8 heteroatoms. The second kappa shape index (κ2) is 12.2. The second-order valence-electron chi connectivity index (χ2n) is 7.97. The van der Waals surface area contributed by atoms with Gasteiger partial charge in [0.1, 0.15) is 11.5 Å². The van der Waals surface area contributed by atoms with Crippen LogP contribution >= 0.6 is 23.2 Å². The molecule has 1 N–H and O–H groups in total. The smallest absolute Gasteiger partial charge is 0.345 e. The second-order valence-corrected chi connectivity index (χ2v) is 8.81. The van der Waals surface area contributed by atoms with Gasteiger partial charge in [0.2, 0.25) is 0 Å². The summed E-state index contributed by atoms with van der Waals surface area (Å²) in [4.78, 5) is 24.8. The van der Waals surface area contributed by atoms with E-state index in [1.54, 1.807) is 37.3 Å². The zero-order valence-corrected chi connectivity index (χ0v) is 21.2. The van der Waals surface area contributed by atoms with Crippen LogP contribution in [-0.2, 0) is 4.79 Å². The van der Waals surface area contributed by atoms with Crippen LogP contribution in [-0.4, -0.2) is 24.2 Å². The summed E-state index contributed by atoms with van der Waals surface area (Å²) in [6.45, 7) is 1.64. The number of rotatable bonds is 8. The van der Waals surface area contributed by atoms with Gasteiger partial charge in [0.15, 0.2) is 6.10 Å². The molecule has 0 unspecified atom stereocenters. The Morgan fingerprint density at radius 1 is 0.838 bits per heavy atom. The zero-order chi connectivity index (χ0) is 26.2. The van der Waals surface area contributed by atoms with Crippen LogP contribution in [0.15, 0.2) is 102 Å². The standard InChI is InChI=1S/C29H22Cl2N2O4/c1-19(36-24-13-10-22(11-14-24)21-7-3-2-4-8-21)28(34)33-32-18-20-6-5-9-25(16-20)37-29(35)26-15-12-23(30)17-27(26)31/h2-19H,1H3,(H,33,34)/b32-18-/t19-/m0/s1. The number of amides is 1. The third kappa shape index (κ3) is 7.19. The normalized spacial score (nSPS) is 11.6. The Morgan fingerprint density at radius 2 is 1.57 bits per heavy atom. The number of halogens is 2. The van der Waals surface area contributed by atoms with Crippen LogP contribution in [0.5, 0.6) is 11.5 Å². The molecule has 4 aromatic carbocycles. The maximum atomic E-state index is 12.4. The summed E-state index contributed by atoms with van der Waals surface area (Å²) >= 11 is 11.9. The van der Waals surface area contributed by atoms with E-state index in [0.717, 1.165) is 11.1 Å². The largest absolute Gasteiger partial charge is 0.481 e. The molecule has 4 aromatic rings. The number of hydrogen-bond donors (Lipinski definition) is 1. The van der Waals surface area contributed by atoms with E-state index in [9.17, 15) is 9.59 Å². The summed E-state index contributed by atoms with van der Waals surface area (Å²) in [5, 5.41) is 4.59. The molecule has 0 saturated carbocycles. The zero-order valence-electron chi connectivity index (χ0n) is 19.7. The number of hydrogen-bond acceptors (Lipinski definition) is 5. The molecular weight excluding hydrogens is 511 g/mol. The first-order valence-electron chi connectivity index (χ1n) is 11.3. The molecule has 0 aliphatic heterocycles. The van der Waals surface area contributed by atoms with Crippen molar-refractivity contribution in [3.05, 3.63) is 118 Å². The number of carbonyl (C=O) groups is 2. The molecule has 0 saturated heterocycles. The van der Waals surface area contributed by atoms with Crippen molar-refractivity contribution in [3.8, 4) is 22.6 Å². The van der Waals surface area contributed by atoms with Crippen molar-refractivity contribution in [2.24, 2.45) is 5.10 Å². The van der Waals surface area contributed by atoms with Crippen LogP contribution in [0.3, 0.4) is 0 Å². The van der Waals surface area contributed by atoms with Crippen LogP contribution in [0.2, 0.25) is 10.0 Å². The molecule has 1 atom stereocenters. The molecule has 0 aliphatic rings. The quantitative estimate of drug-likeness (QED) is 0.117. The van der Waals surface area contributed by atoms with Gasteiger partial charge in [-0.05, 0) is 66.1 Å². The molecule has 0 spiro atoms. The molecule has 1 amide bonds. The SMILES string of the molecule is C[C@H](Oc1ccc(-c2ccccc2)cc1)C(=O)N/N=C\c1cccc(OC(=O)c2ccc(Cl)cc2Cl)c1. The third-order valence-corrected chi connectivity index (χ3v) is 5.80. The minimum absolute atomic E-state index is 0.195. The highest BCUT2D eigenvalue weighted by molar-refractivity contribution is 6.36. The van der Waals surface area contributed by atoms with Crippen molar-refractivity contribution >= 4 is 41.3 Å². The van der Waals surface area contributed by atoms with Gasteiger partial charge in [-0.3, -0.25) is 4.79 Å². The fourth-order valence-corrected chi connectivity index (χ4v) is 3.84. The fraction of sp³-hybridized carbons (Fsp3) is 0.0690. The summed E-state index contributed by atoms with van der Waals surface area (Å²) in [5.41, 5.74) is 5.41. The first kappa shape index (κ1) is 25.9. The van der Waals surface area contributed by atoms with Crippen LogP contribution in [0, 0.1) is 0 Å². The number of nitrogens with zero attached hydrogens (tertiary/aromatic N) is 1. The Balaban J connectivity index is 1.30. The van der Waals surface area contributed by atoms with Crippen molar-refractivity contribution in [2.45, 2.75) is 13.0 Å². The first-order chi connectivity index (χ1) is 17.9. The summed E-state index contributed by atoms with van der Waals surface area (Å²) in [7, 11) is 0. The van der Waals surface area contributed by atoms with E-state index in [0.29, 0.717) is 22.1 Å². The summed E-state index contributed by atoms with van der Waals surface area (Å²) in [6.07, 6.45) is 0.669. The Hall–Kier alpha value is -4.13. The number of benzene rings is 4. The topological polar surface area (TPSA) is 77.0 Å². The maximum Gasteiger partial charge on any atom is 0.345 e. The van der Waals surface area contributed by atoms with Crippen molar-refractivity contribution in [1.29, 1.82) is 0 Å². The van der Waals surface area contributed by atoms with E-state index < -0.39 is 18.0 Å². The van der Waals surface area contributed by atoms with Crippen LogP contribution in [0.4, 0.5) is 0 Å². The van der Waals surface area contributed by atoms with Gasteiger partial charge >= 0.3 is 5.97 Å². The number of esters is 1. The summed E-state index contributed by atoms with van der Waals surface area (Å²) in [6, 6.07) is 28.7. The highest BCUT2D eigenvalue weighted by Gasteiger charge is 2.15. The molecule has 0 bridgehead atoms. The molecule has 0 aliphatic carbocycles. The van der Waals surface area contributed by atoms with Gasteiger partial charge in [-0.1, -0.05) is 77.8 Å². The summed E-state index contributed by atoms with van der Waals surface area (Å²) in [5.74, 6) is -0.168. The van der Waals surface area contributed by atoms with Gasteiger partial charge in [-0.15, -0.1) is 0 Å². The molecule has 0 aromatic heterocycles. The van der Waals surface area contributed by atoms with E-state index in [-0.39, 0.29) is 10.6 Å². The number of ether oxygens (including phenoxy) is 2. The van der Waals surface area contributed by atoms with Gasteiger partial charge in [-0.2, -0.15) is 5.10 Å². The monoisotopic (exact) mass is 532 g/mol. The van der Waals surface area contributed by atoms with Crippen LogP contribution < -0.4 is 14.9 Å². The summed E-state index contributed by atoms with van der Waals surface area (Å²) < 4.78 is 11.1. The van der Waals surface area contributed by atoms with E-state index in [1.807, 2.05) is 54.6 Å². The van der Waals surface area contributed by atoms with Crippen LogP contribution in [0.25, 0.3) is 11.1 Å².